The van der Waals surface area contributed by atoms with Crippen LogP contribution in [0.1, 0.15) is 36.6 Å². The highest BCUT2D eigenvalue weighted by atomic mass is 16.6. The Balaban J connectivity index is 1.59. The first kappa shape index (κ1) is 22.2. The van der Waals surface area contributed by atoms with E-state index in [1.165, 1.54) is 19.2 Å². The Morgan fingerprint density at radius 3 is 2.47 bits per heavy atom. The maximum Gasteiger partial charge on any atom is 0.340 e. The number of hydrogen-bond acceptors (Lipinski definition) is 9. The summed E-state index contributed by atoms with van der Waals surface area (Å²) in [5, 5.41) is 16.1. The monoisotopic (exact) mass is 463 g/mol. The molecular weight excluding hydrogens is 446 g/mol. The third-order valence-electron chi connectivity index (χ3n) is 5.25. The molecule has 0 unspecified atom stereocenters. The van der Waals surface area contributed by atoms with Crippen molar-refractivity contribution in [1.29, 1.82) is 0 Å². The SMILES string of the molecule is COC(=O)c1cc([N+](=O)[O-])ccc1NCc1ccc(-n2c(N)c3c(cc2=O)C(=O)NC3=O)cc1. The molecule has 12 heteroatoms. The standard InChI is InChI=1S/C22H17N5O7/c1-34-22(31)14-8-13(27(32)33)6-7-16(14)24-10-11-2-4-12(5-3-11)26-17(28)9-15-18(19(26)23)21(30)25-20(15)29/h2-9,24H,10,23H2,1H3,(H,25,29,30). The van der Waals surface area contributed by atoms with E-state index < -0.39 is 28.3 Å². The number of nitrogens with one attached hydrogen (secondary N) is 2. The van der Waals surface area contributed by atoms with Gasteiger partial charge in [0.05, 0.1) is 34.4 Å². The Bertz CT molecular complexity index is 1430. The van der Waals surface area contributed by atoms with Crippen molar-refractivity contribution in [3.05, 3.63) is 91.3 Å². The van der Waals surface area contributed by atoms with E-state index in [1.807, 2.05) is 0 Å². The number of non-ortho nitro benzene ring substituents is 1. The predicted octanol–water partition coefficient (Wildman–Crippen LogP) is 1.61. The molecule has 1 aliphatic rings. The average molecular weight is 463 g/mol. The molecule has 0 fully saturated rings. The minimum absolute atomic E-state index is 0.0126. The topological polar surface area (TPSA) is 176 Å². The summed E-state index contributed by atoms with van der Waals surface area (Å²) in [5.74, 6) is -2.22. The minimum Gasteiger partial charge on any atom is -0.465 e. The van der Waals surface area contributed by atoms with E-state index >= 15 is 0 Å². The Hall–Kier alpha value is -5.00. The summed E-state index contributed by atoms with van der Waals surface area (Å²) >= 11 is 0. The fraction of sp³-hybridized carbons (Fsp3) is 0.0909. The minimum atomic E-state index is -0.726. The van der Waals surface area contributed by atoms with Gasteiger partial charge in [0.15, 0.2) is 0 Å². The highest BCUT2D eigenvalue weighted by molar-refractivity contribution is 6.23. The molecule has 4 rings (SSSR count). The highest BCUT2D eigenvalue weighted by Gasteiger charge is 2.31. The first-order valence-corrected chi connectivity index (χ1v) is 9.82. The van der Waals surface area contributed by atoms with Gasteiger partial charge in [-0.3, -0.25) is 34.4 Å². The molecule has 0 aliphatic carbocycles. The normalized spacial score (nSPS) is 12.1. The Morgan fingerprint density at radius 1 is 1.12 bits per heavy atom. The molecule has 172 valence electrons. The molecular formula is C22H17N5O7. The first-order valence-electron chi connectivity index (χ1n) is 9.82. The molecule has 2 aromatic carbocycles. The number of aromatic nitrogens is 1. The number of methoxy groups -OCH3 is 1. The second-order valence-electron chi connectivity index (χ2n) is 7.27. The van der Waals surface area contributed by atoms with Gasteiger partial charge in [-0.1, -0.05) is 12.1 Å². The summed E-state index contributed by atoms with van der Waals surface area (Å²) in [6, 6.07) is 11.5. The lowest BCUT2D eigenvalue weighted by Crippen LogP contribution is -2.24. The van der Waals surface area contributed by atoms with Crippen molar-refractivity contribution in [3.63, 3.8) is 0 Å². The number of nitro groups is 1. The summed E-state index contributed by atoms with van der Waals surface area (Å²) in [5.41, 5.74) is 6.59. The van der Waals surface area contributed by atoms with Crippen LogP contribution in [-0.2, 0) is 11.3 Å². The van der Waals surface area contributed by atoms with Gasteiger partial charge in [-0.05, 0) is 23.8 Å². The predicted molar refractivity (Wildman–Crippen MR) is 120 cm³/mol. The summed E-state index contributed by atoms with van der Waals surface area (Å²) in [6.45, 7) is 0.244. The van der Waals surface area contributed by atoms with Crippen LogP contribution in [0.15, 0.2) is 53.3 Å². The van der Waals surface area contributed by atoms with E-state index in [2.05, 4.69) is 10.6 Å². The molecule has 2 heterocycles. The molecule has 0 spiro atoms. The van der Waals surface area contributed by atoms with Gasteiger partial charge < -0.3 is 15.8 Å². The van der Waals surface area contributed by atoms with Crippen molar-refractivity contribution in [2.75, 3.05) is 18.2 Å². The van der Waals surface area contributed by atoms with Gasteiger partial charge in [-0.25, -0.2) is 4.79 Å². The number of rotatable bonds is 6. The lowest BCUT2D eigenvalue weighted by atomic mass is 10.1. The molecule has 1 aromatic heterocycles. The summed E-state index contributed by atoms with van der Waals surface area (Å²) in [4.78, 5) is 58.8. The number of nitro benzene ring substituents is 1. The second kappa shape index (κ2) is 8.50. The molecule has 0 saturated heterocycles. The van der Waals surface area contributed by atoms with Gasteiger partial charge in [-0.2, -0.15) is 0 Å². The molecule has 0 bridgehead atoms. The number of carbonyl (C=O) groups is 3. The molecule has 0 saturated carbocycles. The lowest BCUT2D eigenvalue weighted by Gasteiger charge is -2.13. The molecule has 0 atom stereocenters. The van der Waals surface area contributed by atoms with Crippen LogP contribution in [0, 0.1) is 10.1 Å². The largest absolute Gasteiger partial charge is 0.465 e. The first-order chi connectivity index (χ1) is 16.2. The Labute approximate surface area is 191 Å². The van der Waals surface area contributed by atoms with E-state index in [0.29, 0.717) is 11.4 Å². The van der Waals surface area contributed by atoms with Crippen LogP contribution in [0.25, 0.3) is 5.69 Å². The van der Waals surface area contributed by atoms with Crippen LogP contribution in [0.5, 0.6) is 0 Å². The van der Waals surface area contributed by atoms with Crippen LogP contribution in [0.2, 0.25) is 0 Å². The molecule has 0 radical (unpaired) electrons. The number of nitrogens with two attached hydrogens (primary N) is 1. The second-order valence-corrected chi connectivity index (χ2v) is 7.27. The number of carbonyl (C=O) groups excluding carboxylic acids is 3. The fourth-order valence-corrected chi connectivity index (χ4v) is 3.58. The lowest BCUT2D eigenvalue weighted by molar-refractivity contribution is -0.384. The number of esters is 1. The maximum atomic E-state index is 12.5. The maximum absolute atomic E-state index is 12.5. The number of anilines is 2. The van der Waals surface area contributed by atoms with Gasteiger partial charge in [-0.15, -0.1) is 0 Å². The van der Waals surface area contributed by atoms with Gasteiger partial charge in [0.2, 0.25) is 0 Å². The number of imide groups is 1. The summed E-state index contributed by atoms with van der Waals surface area (Å²) in [7, 11) is 1.18. The zero-order valence-electron chi connectivity index (χ0n) is 17.7. The van der Waals surface area contributed by atoms with Crippen LogP contribution in [-0.4, -0.2) is 34.4 Å². The van der Waals surface area contributed by atoms with E-state index in [1.54, 1.807) is 24.3 Å². The molecule has 1 aliphatic heterocycles. The van der Waals surface area contributed by atoms with E-state index in [4.69, 9.17) is 10.5 Å². The molecule has 12 nitrogen and oxygen atoms in total. The number of hydrogen-bond donors (Lipinski definition) is 3. The van der Waals surface area contributed by atoms with Crippen molar-refractivity contribution < 1.29 is 24.0 Å². The zero-order valence-corrected chi connectivity index (χ0v) is 17.7. The van der Waals surface area contributed by atoms with Crippen LogP contribution < -0.4 is 21.9 Å². The van der Waals surface area contributed by atoms with Crippen LogP contribution in [0.4, 0.5) is 17.2 Å². The Kier molecular flexibility index (Phi) is 5.55. The zero-order chi connectivity index (χ0) is 24.6. The summed E-state index contributed by atoms with van der Waals surface area (Å²) in [6.07, 6.45) is 0. The van der Waals surface area contributed by atoms with Crippen LogP contribution >= 0.6 is 0 Å². The quantitative estimate of drug-likeness (QED) is 0.212. The van der Waals surface area contributed by atoms with Gasteiger partial charge in [0.1, 0.15) is 5.82 Å². The van der Waals surface area contributed by atoms with Crippen molar-refractivity contribution in [1.82, 2.24) is 9.88 Å². The Morgan fingerprint density at radius 2 is 1.82 bits per heavy atom. The number of nitrogens with zero attached hydrogens (tertiary/aromatic N) is 2. The number of benzene rings is 2. The van der Waals surface area contributed by atoms with Crippen molar-refractivity contribution in [2.45, 2.75) is 6.54 Å². The number of fused-ring (bicyclic) bond motifs is 1. The molecule has 3 aromatic rings. The van der Waals surface area contributed by atoms with Crippen molar-refractivity contribution in [3.8, 4) is 5.69 Å². The van der Waals surface area contributed by atoms with E-state index in [9.17, 15) is 29.3 Å². The smallest absolute Gasteiger partial charge is 0.340 e. The van der Waals surface area contributed by atoms with Gasteiger partial charge in [0.25, 0.3) is 23.1 Å². The third kappa shape index (κ3) is 3.83. The van der Waals surface area contributed by atoms with Crippen molar-refractivity contribution in [2.24, 2.45) is 0 Å². The highest BCUT2D eigenvalue weighted by Crippen LogP contribution is 2.25. The van der Waals surface area contributed by atoms with Crippen molar-refractivity contribution >= 4 is 35.0 Å². The summed E-state index contributed by atoms with van der Waals surface area (Å²) < 4.78 is 5.83. The third-order valence-corrected chi connectivity index (χ3v) is 5.25. The number of nitrogen functional groups attached to an aromatic ring is 1. The fourth-order valence-electron chi connectivity index (χ4n) is 3.58. The van der Waals surface area contributed by atoms with E-state index in [0.717, 1.165) is 22.3 Å². The molecule has 34 heavy (non-hydrogen) atoms. The molecule has 2 amide bonds. The number of ether oxygens (including phenoxy) is 1. The van der Waals surface area contributed by atoms with Gasteiger partial charge in [0, 0.05) is 30.4 Å². The molecule has 4 N–H and O–H groups in total. The number of pyridine rings is 1. The van der Waals surface area contributed by atoms with Gasteiger partial charge >= 0.3 is 5.97 Å². The number of amides is 2. The van der Waals surface area contributed by atoms with E-state index in [-0.39, 0.29) is 34.7 Å². The van der Waals surface area contributed by atoms with Crippen LogP contribution in [0.3, 0.4) is 0 Å². The average Bonchev–Trinajstić information content (AvgIpc) is 3.10.